The molecule has 0 radical (unpaired) electrons. The van der Waals surface area contributed by atoms with Crippen molar-refractivity contribution in [2.75, 3.05) is 13.2 Å². The van der Waals surface area contributed by atoms with E-state index in [4.69, 9.17) is 18.9 Å². The Kier molecular flexibility index (Phi) is 7.68. The van der Waals surface area contributed by atoms with Crippen LogP contribution in [-0.4, -0.2) is 26.5 Å². The molecule has 2 atom stereocenters. The van der Waals surface area contributed by atoms with Crippen LogP contribution in [0.5, 0.6) is 0 Å². The lowest BCUT2D eigenvalue weighted by Crippen LogP contribution is -2.47. The Hall–Kier alpha value is -2.25. The number of nitrogens with zero attached hydrogens (tertiary/aromatic N) is 2. The van der Waals surface area contributed by atoms with Crippen LogP contribution in [0.15, 0.2) is 18.2 Å². The highest BCUT2D eigenvalue weighted by Gasteiger charge is 2.55. The first-order valence-corrected chi connectivity index (χ1v) is 19.0. The fraction of sp³-hybridized carbons (Fsp3) is 0.657. The molecule has 2 aliphatic carbocycles. The Balaban J connectivity index is 1.60. The molecule has 0 bridgehead atoms. The van der Waals surface area contributed by atoms with Crippen LogP contribution >= 0.6 is 0 Å². The number of fused-ring (bicyclic) bond motifs is 4. The van der Waals surface area contributed by atoms with Crippen molar-refractivity contribution in [3.05, 3.63) is 63.0 Å². The van der Waals surface area contributed by atoms with Gasteiger partial charge in [0.1, 0.15) is 6.10 Å². The van der Waals surface area contributed by atoms with Gasteiger partial charge in [0, 0.05) is 48.6 Å². The zero-order valence-electron chi connectivity index (χ0n) is 27.1. The van der Waals surface area contributed by atoms with Gasteiger partial charge in [-0.15, -0.1) is 0 Å². The maximum Gasteiger partial charge on any atom is 0.417 e. The molecule has 1 saturated carbocycles. The molecule has 2 spiro atoms. The molecule has 2 aromatic rings. The van der Waals surface area contributed by atoms with E-state index in [9.17, 15) is 18.4 Å². The number of nitriles is 1. The van der Waals surface area contributed by atoms with E-state index < -0.39 is 37.3 Å². The minimum absolute atomic E-state index is 0.0230. The third kappa shape index (κ3) is 5.14. The SMILES string of the molecule is CC(C)c1nc2c(c3c1[C@@H](c1ccc(C(F)(F)F)c(C#N)c1)OC31CCOCC1)[C@@H](O[Si](C)(C)C(C)(C)C)CC1(CCC1)C2. The lowest BCUT2D eigenvalue weighted by molar-refractivity contribution is -0.138. The van der Waals surface area contributed by atoms with Gasteiger partial charge < -0.3 is 13.9 Å². The Morgan fingerprint density at radius 2 is 1.75 bits per heavy atom. The third-order valence-electron chi connectivity index (χ3n) is 11.2. The number of aromatic nitrogens is 1. The van der Waals surface area contributed by atoms with Gasteiger partial charge in [0.15, 0.2) is 8.32 Å². The molecule has 3 heterocycles. The highest BCUT2D eigenvalue weighted by atomic mass is 28.4. The van der Waals surface area contributed by atoms with Crippen molar-refractivity contribution in [2.45, 2.75) is 128 Å². The first-order chi connectivity index (χ1) is 20.5. The summed E-state index contributed by atoms with van der Waals surface area (Å²) in [5.41, 5.74) is 4.07. The first-order valence-electron chi connectivity index (χ1n) is 16.1. The molecular formula is C35H45F3N2O3Si. The number of benzene rings is 1. The molecule has 1 aromatic carbocycles. The zero-order valence-corrected chi connectivity index (χ0v) is 28.1. The summed E-state index contributed by atoms with van der Waals surface area (Å²) in [5.74, 6) is 0.0686. The molecule has 44 heavy (non-hydrogen) atoms. The summed E-state index contributed by atoms with van der Waals surface area (Å²) in [6.45, 7) is 16.7. The van der Waals surface area contributed by atoms with E-state index in [2.05, 4.69) is 47.7 Å². The highest BCUT2D eigenvalue weighted by molar-refractivity contribution is 6.74. The van der Waals surface area contributed by atoms with E-state index in [0.717, 1.165) is 47.0 Å². The summed E-state index contributed by atoms with van der Waals surface area (Å²) in [6, 6.07) is 5.66. The summed E-state index contributed by atoms with van der Waals surface area (Å²) in [4.78, 5) is 5.44. The van der Waals surface area contributed by atoms with Crippen LogP contribution in [0.3, 0.4) is 0 Å². The summed E-state index contributed by atoms with van der Waals surface area (Å²) >= 11 is 0. The van der Waals surface area contributed by atoms with Crippen LogP contribution in [0.25, 0.3) is 0 Å². The maximum absolute atomic E-state index is 13.8. The van der Waals surface area contributed by atoms with Crippen LogP contribution in [-0.2, 0) is 32.1 Å². The van der Waals surface area contributed by atoms with Gasteiger partial charge in [0.05, 0.1) is 28.9 Å². The van der Waals surface area contributed by atoms with Crippen molar-refractivity contribution in [3.63, 3.8) is 0 Å². The lowest BCUT2D eigenvalue weighted by atomic mass is 9.58. The topological polar surface area (TPSA) is 64.4 Å². The van der Waals surface area contributed by atoms with Gasteiger partial charge in [-0.3, -0.25) is 4.98 Å². The molecule has 0 amide bonds. The Morgan fingerprint density at radius 1 is 1.07 bits per heavy atom. The van der Waals surface area contributed by atoms with Crippen molar-refractivity contribution in [2.24, 2.45) is 5.41 Å². The Labute approximate surface area is 260 Å². The molecule has 4 aliphatic rings. The molecule has 0 unspecified atom stereocenters. The number of ether oxygens (including phenoxy) is 2. The Morgan fingerprint density at radius 3 is 2.30 bits per heavy atom. The monoisotopic (exact) mass is 626 g/mol. The average Bonchev–Trinajstić information content (AvgIpc) is 3.24. The summed E-state index contributed by atoms with van der Waals surface area (Å²) in [7, 11) is -2.19. The van der Waals surface area contributed by atoms with Crippen molar-refractivity contribution < 1.29 is 27.1 Å². The van der Waals surface area contributed by atoms with Crippen LogP contribution in [0, 0.1) is 16.7 Å². The molecule has 238 valence electrons. The number of halogens is 3. The van der Waals surface area contributed by atoms with Gasteiger partial charge in [-0.25, -0.2) is 0 Å². The molecule has 9 heteroatoms. The summed E-state index contributed by atoms with van der Waals surface area (Å²) in [5, 5.41) is 9.76. The van der Waals surface area contributed by atoms with Gasteiger partial charge in [-0.2, -0.15) is 18.4 Å². The normalized spacial score (nSPS) is 24.2. The molecule has 2 aliphatic heterocycles. The largest absolute Gasteiger partial charge is 0.417 e. The standard InChI is InChI=1S/C35H45F3N2O3Si/c1-21(2)30-28-29(27-25(40-30)18-33(11-8-12-33)19-26(27)43-44(6,7)32(3,4)5)34(13-15-41-16-14-34)42-31(28)22-9-10-24(35(36,37)38)23(17-22)20-39/h9-10,17,21,26,31H,8,11-16,18-19H2,1-7H3/t26-,31+/m0/s1. The number of pyridine rings is 1. The van der Waals surface area contributed by atoms with E-state index >= 15 is 0 Å². The number of hydrogen-bond donors (Lipinski definition) is 0. The summed E-state index contributed by atoms with van der Waals surface area (Å²) in [6.07, 6.45) is 1.39. The van der Waals surface area contributed by atoms with Crippen molar-refractivity contribution in [1.29, 1.82) is 5.26 Å². The quantitative estimate of drug-likeness (QED) is 0.317. The van der Waals surface area contributed by atoms with Crippen molar-refractivity contribution >= 4 is 8.32 Å². The van der Waals surface area contributed by atoms with E-state index in [-0.39, 0.29) is 22.5 Å². The molecule has 2 fully saturated rings. The Bertz CT molecular complexity index is 1490. The van der Waals surface area contributed by atoms with E-state index in [1.54, 1.807) is 6.07 Å². The van der Waals surface area contributed by atoms with Crippen LogP contribution in [0.1, 0.15) is 136 Å². The molecule has 1 saturated heterocycles. The highest BCUT2D eigenvalue weighted by Crippen LogP contribution is 2.61. The minimum atomic E-state index is -4.62. The minimum Gasteiger partial charge on any atom is -0.410 e. The van der Waals surface area contributed by atoms with Gasteiger partial charge in [-0.1, -0.05) is 47.1 Å². The van der Waals surface area contributed by atoms with Crippen molar-refractivity contribution in [3.8, 4) is 6.07 Å². The van der Waals surface area contributed by atoms with Crippen LogP contribution < -0.4 is 0 Å². The molecule has 1 aromatic heterocycles. The van der Waals surface area contributed by atoms with E-state index in [1.165, 1.54) is 31.4 Å². The first kappa shape index (κ1) is 31.7. The smallest absolute Gasteiger partial charge is 0.410 e. The van der Waals surface area contributed by atoms with Gasteiger partial charge >= 0.3 is 6.18 Å². The fourth-order valence-corrected chi connectivity index (χ4v) is 8.95. The second-order valence-corrected chi connectivity index (χ2v) is 20.2. The second-order valence-electron chi connectivity index (χ2n) is 15.4. The number of alkyl halides is 3. The fourth-order valence-electron chi connectivity index (χ4n) is 7.69. The van der Waals surface area contributed by atoms with Crippen LogP contribution in [0.4, 0.5) is 13.2 Å². The summed E-state index contributed by atoms with van der Waals surface area (Å²) < 4.78 is 61.6. The molecule has 5 nitrogen and oxygen atoms in total. The van der Waals surface area contributed by atoms with Crippen LogP contribution in [0.2, 0.25) is 18.1 Å². The van der Waals surface area contributed by atoms with E-state index in [0.29, 0.717) is 31.6 Å². The van der Waals surface area contributed by atoms with E-state index in [1.807, 2.05) is 0 Å². The third-order valence-corrected chi connectivity index (χ3v) is 15.7. The molecule has 0 N–H and O–H groups in total. The lowest BCUT2D eigenvalue weighted by Gasteiger charge is -2.51. The second kappa shape index (κ2) is 10.6. The van der Waals surface area contributed by atoms with Gasteiger partial charge in [0.2, 0.25) is 0 Å². The number of rotatable bonds is 4. The zero-order chi connectivity index (χ0) is 31.9. The van der Waals surface area contributed by atoms with Gasteiger partial charge in [0.25, 0.3) is 0 Å². The predicted octanol–water partition coefficient (Wildman–Crippen LogP) is 9.40. The number of hydrogen-bond acceptors (Lipinski definition) is 5. The molecule has 6 rings (SSSR count). The van der Waals surface area contributed by atoms with Gasteiger partial charge in [-0.05, 0) is 78.4 Å². The molecular weight excluding hydrogens is 581 g/mol. The average molecular weight is 627 g/mol. The van der Waals surface area contributed by atoms with Crippen molar-refractivity contribution in [1.82, 2.24) is 4.98 Å². The predicted molar refractivity (Wildman–Crippen MR) is 165 cm³/mol. The maximum atomic E-state index is 13.8.